The molecule has 84 valence electrons. The topological polar surface area (TPSA) is 195 Å². The van der Waals surface area contributed by atoms with Crippen LogP contribution in [0.2, 0.25) is 0 Å². The predicted octanol–water partition coefficient (Wildman–Crippen LogP) is -7.97. The minimum Gasteiger partial charge on any atom is -0.750 e. The SMILES string of the molecule is O=S(=O)(O)O.O=S([O-])O.O=S([O-])O.[Na+].[Na+]. The molecule has 0 saturated carbocycles. The average molecular weight is 306 g/mol. The Morgan fingerprint density at radius 3 is 0.867 bits per heavy atom. The summed E-state index contributed by atoms with van der Waals surface area (Å²) in [5.41, 5.74) is 0. The zero-order valence-corrected chi connectivity index (χ0v) is 13.9. The first-order chi connectivity index (χ1) is 5.46. The molecular weight excluding hydrogens is 302 g/mol. The molecular formula is H4Na2O10S3. The molecule has 2 unspecified atom stereocenters. The Morgan fingerprint density at radius 1 is 0.867 bits per heavy atom. The molecule has 0 aliphatic rings. The smallest absolute Gasteiger partial charge is 0.750 e. The summed E-state index contributed by atoms with van der Waals surface area (Å²) in [7, 11) is -4.67. The van der Waals surface area contributed by atoms with Gasteiger partial charge >= 0.3 is 69.5 Å². The van der Waals surface area contributed by atoms with Gasteiger partial charge in [0.1, 0.15) is 0 Å². The van der Waals surface area contributed by atoms with Crippen LogP contribution in [-0.4, -0.2) is 44.2 Å². The molecule has 0 bridgehead atoms. The van der Waals surface area contributed by atoms with E-state index in [1.807, 2.05) is 0 Å². The second-order valence-corrected chi connectivity index (χ2v) is 2.65. The van der Waals surface area contributed by atoms with Crippen LogP contribution < -0.4 is 59.1 Å². The maximum absolute atomic E-state index is 8.74. The zero-order chi connectivity index (χ0) is 11.7. The first kappa shape index (κ1) is 30.2. The van der Waals surface area contributed by atoms with Crippen molar-refractivity contribution in [1.82, 2.24) is 0 Å². The number of hydrogen-bond acceptors (Lipinski definition) is 6. The maximum Gasteiger partial charge on any atom is 1.00 e. The largest absolute Gasteiger partial charge is 1.00 e. The van der Waals surface area contributed by atoms with Crippen molar-refractivity contribution in [3.8, 4) is 0 Å². The maximum atomic E-state index is 8.74. The molecule has 2 atom stereocenters. The van der Waals surface area contributed by atoms with Crippen molar-refractivity contribution in [3.05, 3.63) is 0 Å². The van der Waals surface area contributed by atoms with Crippen LogP contribution in [0.1, 0.15) is 0 Å². The van der Waals surface area contributed by atoms with E-state index in [0.717, 1.165) is 0 Å². The van der Waals surface area contributed by atoms with Crippen LogP contribution in [-0.2, 0) is 33.1 Å². The molecule has 15 heavy (non-hydrogen) atoms. The molecule has 10 nitrogen and oxygen atoms in total. The first-order valence-electron chi connectivity index (χ1n) is 1.73. The summed E-state index contributed by atoms with van der Waals surface area (Å²) in [5, 5.41) is 0. The second-order valence-electron chi connectivity index (χ2n) is 0.882. The third kappa shape index (κ3) is 778. The van der Waals surface area contributed by atoms with Crippen molar-refractivity contribution in [2.75, 3.05) is 0 Å². The van der Waals surface area contributed by atoms with E-state index in [4.69, 9.17) is 44.2 Å². The van der Waals surface area contributed by atoms with Gasteiger partial charge < -0.3 is 18.2 Å². The molecule has 0 aromatic rings. The molecule has 0 aromatic carbocycles. The summed E-state index contributed by atoms with van der Waals surface area (Å²) in [6.45, 7) is 0. The van der Waals surface area contributed by atoms with E-state index in [1.54, 1.807) is 0 Å². The molecule has 0 aromatic heterocycles. The molecule has 15 heteroatoms. The van der Waals surface area contributed by atoms with Crippen LogP contribution in [0, 0.1) is 0 Å². The van der Waals surface area contributed by atoms with E-state index in [-0.39, 0.29) is 59.1 Å². The Kier molecular flexibility index (Phi) is 37.0. The summed E-state index contributed by atoms with van der Waals surface area (Å²) in [6, 6.07) is 0. The summed E-state index contributed by atoms with van der Waals surface area (Å²) in [6.07, 6.45) is 0. The molecule has 0 amide bonds. The van der Waals surface area contributed by atoms with Gasteiger partial charge in [0.15, 0.2) is 0 Å². The quantitative estimate of drug-likeness (QED) is 0.189. The molecule has 0 fully saturated rings. The van der Waals surface area contributed by atoms with Gasteiger partial charge in [-0.15, -0.1) is 0 Å². The molecule has 0 radical (unpaired) electrons. The fraction of sp³-hybridized carbons (Fsp3) is 0. The predicted molar refractivity (Wildman–Crippen MR) is 37.3 cm³/mol. The van der Waals surface area contributed by atoms with Crippen molar-refractivity contribution in [3.63, 3.8) is 0 Å². The van der Waals surface area contributed by atoms with Crippen LogP contribution in [0.4, 0.5) is 0 Å². The van der Waals surface area contributed by atoms with Gasteiger partial charge in [0.25, 0.3) is 0 Å². The number of rotatable bonds is 0. The summed E-state index contributed by atoms with van der Waals surface area (Å²) < 4.78 is 79.8. The fourth-order valence-electron chi connectivity index (χ4n) is 0. The third-order valence-corrected chi connectivity index (χ3v) is 0. The van der Waals surface area contributed by atoms with Crippen molar-refractivity contribution < 1.29 is 103 Å². The molecule has 0 spiro atoms. The van der Waals surface area contributed by atoms with E-state index in [2.05, 4.69) is 0 Å². The molecule has 0 heterocycles. The van der Waals surface area contributed by atoms with Crippen molar-refractivity contribution in [2.24, 2.45) is 0 Å². The van der Waals surface area contributed by atoms with Crippen molar-refractivity contribution in [2.45, 2.75) is 0 Å². The van der Waals surface area contributed by atoms with Crippen molar-refractivity contribution in [1.29, 1.82) is 0 Å². The first-order valence-corrected chi connectivity index (χ1v) is 5.19. The van der Waals surface area contributed by atoms with E-state index >= 15 is 0 Å². The minimum atomic E-state index is -4.67. The number of hydrogen-bond donors (Lipinski definition) is 4. The van der Waals surface area contributed by atoms with Gasteiger partial charge in [0.05, 0.1) is 22.7 Å². The van der Waals surface area contributed by atoms with Crippen LogP contribution >= 0.6 is 0 Å². The van der Waals surface area contributed by atoms with E-state index in [0.29, 0.717) is 0 Å². The standard InChI is InChI=1S/2Na.H2O4S.2H2O3S/c;;1-5(2,3)4;2*1-4(2)3/h;;(H2,1,2,3,4);2*(H2,1,2,3)/q2*+1;;;/p-2. The van der Waals surface area contributed by atoms with E-state index in [1.165, 1.54) is 0 Å². The third-order valence-electron chi connectivity index (χ3n) is 0. The Morgan fingerprint density at radius 2 is 0.867 bits per heavy atom. The molecule has 0 saturated heterocycles. The average Bonchev–Trinajstić information content (AvgIpc) is 1.50. The van der Waals surface area contributed by atoms with Gasteiger partial charge in [-0.2, -0.15) is 8.42 Å². The van der Waals surface area contributed by atoms with Crippen LogP contribution in [0.3, 0.4) is 0 Å². The molecule has 0 rings (SSSR count). The summed E-state index contributed by atoms with van der Waals surface area (Å²) in [4.78, 5) is 0. The zero-order valence-electron chi connectivity index (χ0n) is 7.46. The summed E-state index contributed by atoms with van der Waals surface area (Å²) >= 11 is -5.72. The van der Waals surface area contributed by atoms with Gasteiger partial charge in [-0.3, -0.25) is 9.11 Å². The fourth-order valence-corrected chi connectivity index (χ4v) is 0. The Labute approximate surface area is 135 Å². The van der Waals surface area contributed by atoms with Crippen molar-refractivity contribution >= 4 is 33.1 Å². The monoisotopic (exact) mass is 306 g/mol. The van der Waals surface area contributed by atoms with Gasteiger partial charge in [-0.05, 0) is 0 Å². The second kappa shape index (κ2) is 18.4. The Balaban J connectivity index is -0.0000000315. The Bertz CT molecular complexity index is 213. The molecule has 4 N–H and O–H groups in total. The van der Waals surface area contributed by atoms with E-state index in [9.17, 15) is 0 Å². The molecule has 0 aliphatic heterocycles. The van der Waals surface area contributed by atoms with Crippen LogP contribution in [0.25, 0.3) is 0 Å². The van der Waals surface area contributed by atoms with Crippen LogP contribution in [0.15, 0.2) is 0 Å². The normalized spacial score (nSPS) is 12.1. The molecule has 0 aliphatic carbocycles. The van der Waals surface area contributed by atoms with E-state index < -0.39 is 33.1 Å². The van der Waals surface area contributed by atoms with Crippen LogP contribution in [0.5, 0.6) is 0 Å². The van der Waals surface area contributed by atoms with Gasteiger partial charge in [0, 0.05) is 0 Å². The van der Waals surface area contributed by atoms with Gasteiger partial charge in [-0.25, -0.2) is 8.42 Å². The minimum absolute atomic E-state index is 0. The van der Waals surface area contributed by atoms with Gasteiger partial charge in [-0.1, -0.05) is 0 Å². The summed E-state index contributed by atoms with van der Waals surface area (Å²) in [5.74, 6) is 0. The van der Waals surface area contributed by atoms with Gasteiger partial charge in [0.2, 0.25) is 0 Å². The Hall–Kier alpha value is 2.01.